The second-order valence-corrected chi connectivity index (χ2v) is 8.37. The summed E-state index contributed by atoms with van der Waals surface area (Å²) in [6, 6.07) is 11.2. The summed E-state index contributed by atoms with van der Waals surface area (Å²) in [6.45, 7) is 5.48. The quantitative estimate of drug-likeness (QED) is 0.773. The summed E-state index contributed by atoms with van der Waals surface area (Å²) < 4.78 is 25.0. The van der Waals surface area contributed by atoms with Crippen LogP contribution >= 0.6 is 0 Å². The average Bonchev–Trinajstić information content (AvgIpc) is 2.94. The first kappa shape index (κ1) is 20.2. The summed E-state index contributed by atoms with van der Waals surface area (Å²) in [6.07, 6.45) is 3.41. The fraction of sp³-hybridized carbons (Fsp3) is 0.500. The van der Waals surface area contributed by atoms with Crippen LogP contribution in [0, 0.1) is 12.7 Å². The lowest BCUT2D eigenvalue weighted by atomic mass is 9.80. The zero-order chi connectivity index (χ0) is 20.6. The van der Waals surface area contributed by atoms with Crippen LogP contribution in [0.25, 0.3) is 0 Å². The van der Waals surface area contributed by atoms with Crippen LogP contribution in [0.4, 0.5) is 4.39 Å². The van der Waals surface area contributed by atoms with Crippen molar-refractivity contribution in [3.63, 3.8) is 0 Å². The van der Waals surface area contributed by atoms with Gasteiger partial charge >= 0.3 is 0 Å². The normalized spacial score (nSPS) is 26.5. The van der Waals surface area contributed by atoms with Crippen LogP contribution in [-0.2, 0) is 12.1 Å². The molecule has 2 saturated heterocycles. The van der Waals surface area contributed by atoms with Gasteiger partial charge in [-0.3, -0.25) is 4.90 Å². The lowest BCUT2D eigenvalue weighted by molar-refractivity contribution is -0.0597. The molecule has 2 aromatic rings. The molecule has 4 rings (SSSR count). The van der Waals surface area contributed by atoms with Crippen molar-refractivity contribution in [1.29, 1.82) is 0 Å². The van der Waals surface area contributed by atoms with Gasteiger partial charge in [-0.2, -0.15) is 0 Å². The van der Waals surface area contributed by atoms with Crippen LogP contribution in [0.15, 0.2) is 36.4 Å². The molecule has 156 valence electrons. The molecule has 2 aromatic carbocycles. The molecule has 1 N–H and O–H groups in total. The van der Waals surface area contributed by atoms with E-state index in [1.807, 2.05) is 19.1 Å². The third-order valence-corrected chi connectivity index (χ3v) is 6.55. The molecule has 0 saturated carbocycles. The van der Waals surface area contributed by atoms with Gasteiger partial charge in [0.05, 0.1) is 19.3 Å². The summed E-state index contributed by atoms with van der Waals surface area (Å²) in [5.41, 5.74) is 2.15. The van der Waals surface area contributed by atoms with E-state index in [1.54, 1.807) is 13.2 Å². The van der Waals surface area contributed by atoms with Crippen LogP contribution in [-0.4, -0.2) is 35.8 Å². The summed E-state index contributed by atoms with van der Waals surface area (Å²) in [7, 11) is 1.66. The van der Waals surface area contributed by atoms with Gasteiger partial charge in [-0.25, -0.2) is 4.39 Å². The predicted molar refractivity (Wildman–Crippen MR) is 111 cm³/mol. The maximum Gasteiger partial charge on any atom is 0.161 e. The highest BCUT2D eigenvalue weighted by Gasteiger charge is 2.48. The van der Waals surface area contributed by atoms with Crippen molar-refractivity contribution < 1.29 is 19.0 Å². The molecule has 0 amide bonds. The van der Waals surface area contributed by atoms with Gasteiger partial charge in [0.25, 0.3) is 0 Å². The first-order chi connectivity index (χ1) is 13.9. The lowest BCUT2D eigenvalue weighted by Crippen LogP contribution is -2.49. The predicted octanol–water partition coefficient (Wildman–Crippen LogP) is 4.56. The SMILES string of the molecule is CCOc1cc(CN2C3CCC2CC(O)(c2cccc(F)c2)C3)c(C)cc1OC. The molecule has 2 heterocycles. The Labute approximate surface area is 172 Å². The molecule has 2 fully saturated rings. The molecular formula is C24H30FNO3. The van der Waals surface area contributed by atoms with Crippen molar-refractivity contribution in [3.8, 4) is 11.5 Å². The molecule has 0 aromatic heterocycles. The number of methoxy groups -OCH3 is 1. The van der Waals surface area contributed by atoms with Crippen molar-refractivity contribution >= 4 is 0 Å². The first-order valence-electron chi connectivity index (χ1n) is 10.5. The third kappa shape index (κ3) is 3.86. The number of piperidine rings is 1. The second kappa shape index (κ2) is 7.96. The fourth-order valence-electron chi connectivity index (χ4n) is 5.09. The molecule has 2 unspecified atom stereocenters. The summed E-state index contributed by atoms with van der Waals surface area (Å²) in [5, 5.41) is 11.3. The van der Waals surface area contributed by atoms with Crippen LogP contribution in [0.3, 0.4) is 0 Å². The molecule has 2 aliphatic rings. The fourth-order valence-corrected chi connectivity index (χ4v) is 5.09. The second-order valence-electron chi connectivity index (χ2n) is 8.37. The Hall–Kier alpha value is -2.11. The van der Waals surface area contributed by atoms with E-state index in [0.29, 0.717) is 37.1 Å². The Kier molecular flexibility index (Phi) is 5.54. The molecule has 2 aliphatic heterocycles. The van der Waals surface area contributed by atoms with E-state index >= 15 is 0 Å². The smallest absolute Gasteiger partial charge is 0.161 e. The van der Waals surface area contributed by atoms with Gasteiger partial charge in [0.15, 0.2) is 11.5 Å². The maximum absolute atomic E-state index is 13.7. The number of nitrogens with zero attached hydrogens (tertiary/aromatic N) is 1. The molecule has 5 heteroatoms. The molecule has 0 aliphatic carbocycles. The van der Waals surface area contributed by atoms with Gasteiger partial charge in [0.2, 0.25) is 0 Å². The maximum atomic E-state index is 13.7. The Morgan fingerprint density at radius 2 is 1.86 bits per heavy atom. The van der Waals surface area contributed by atoms with E-state index in [-0.39, 0.29) is 5.82 Å². The van der Waals surface area contributed by atoms with E-state index in [9.17, 15) is 9.50 Å². The van der Waals surface area contributed by atoms with Gasteiger partial charge in [-0.15, -0.1) is 0 Å². The number of benzene rings is 2. The van der Waals surface area contributed by atoms with E-state index in [2.05, 4.69) is 17.9 Å². The monoisotopic (exact) mass is 399 g/mol. The largest absolute Gasteiger partial charge is 0.493 e. The van der Waals surface area contributed by atoms with Crippen LogP contribution in [0.5, 0.6) is 11.5 Å². The zero-order valence-corrected chi connectivity index (χ0v) is 17.5. The van der Waals surface area contributed by atoms with Crippen LogP contribution < -0.4 is 9.47 Å². The number of hydrogen-bond donors (Lipinski definition) is 1. The van der Waals surface area contributed by atoms with Gasteiger partial charge in [-0.1, -0.05) is 12.1 Å². The number of ether oxygens (including phenoxy) is 2. The molecular weight excluding hydrogens is 369 g/mol. The summed E-state index contributed by atoms with van der Waals surface area (Å²) >= 11 is 0. The Balaban J connectivity index is 1.56. The number of aryl methyl sites for hydroxylation is 1. The summed E-state index contributed by atoms with van der Waals surface area (Å²) in [5.74, 6) is 1.24. The molecule has 0 radical (unpaired) electrons. The van der Waals surface area contributed by atoms with Crippen molar-refractivity contribution in [2.24, 2.45) is 0 Å². The highest BCUT2D eigenvalue weighted by atomic mass is 19.1. The Morgan fingerprint density at radius 1 is 1.14 bits per heavy atom. The first-order valence-corrected chi connectivity index (χ1v) is 10.5. The molecule has 2 bridgehead atoms. The minimum Gasteiger partial charge on any atom is -0.493 e. The van der Waals surface area contributed by atoms with Gasteiger partial charge in [0, 0.05) is 18.6 Å². The van der Waals surface area contributed by atoms with Crippen LogP contribution in [0.2, 0.25) is 0 Å². The van der Waals surface area contributed by atoms with E-state index < -0.39 is 5.60 Å². The zero-order valence-electron chi connectivity index (χ0n) is 17.5. The van der Waals surface area contributed by atoms with Crippen molar-refractivity contribution in [1.82, 2.24) is 4.90 Å². The standard InChI is InChI=1S/C24H30FNO3/c1-4-29-23-11-17(16(2)10-22(23)28-3)15-26-20-8-9-21(26)14-24(27,13-20)18-6-5-7-19(25)12-18/h5-7,10-12,20-21,27H,4,8-9,13-15H2,1-3H3. The van der Waals surface area contributed by atoms with Gasteiger partial charge in [0.1, 0.15) is 5.82 Å². The average molecular weight is 400 g/mol. The summed E-state index contributed by atoms with van der Waals surface area (Å²) in [4.78, 5) is 2.51. The Bertz CT molecular complexity index is 870. The van der Waals surface area contributed by atoms with E-state index in [0.717, 1.165) is 30.9 Å². The topological polar surface area (TPSA) is 41.9 Å². The number of fused-ring (bicyclic) bond motifs is 2. The van der Waals surface area contributed by atoms with Crippen LogP contribution in [0.1, 0.15) is 49.3 Å². The number of hydrogen-bond acceptors (Lipinski definition) is 4. The van der Waals surface area contributed by atoms with Gasteiger partial charge in [-0.05, 0) is 80.5 Å². The van der Waals surface area contributed by atoms with Crippen molar-refractivity contribution in [2.45, 2.75) is 63.8 Å². The minimum atomic E-state index is -0.949. The molecule has 29 heavy (non-hydrogen) atoms. The molecule has 0 spiro atoms. The third-order valence-electron chi connectivity index (χ3n) is 6.55. The van der Waals surface area contributed by atoms with Crippen molar-refractivity contribution in [3.05, 3.63) is 58.9 Å². The van der Waals surface area contributed by atoms with Crippen molar-refractivity contribution in [2.75, 3.05) is 13.7 Å². The van der Waals surface area contributed by atoms with E-state index in [1.165, 1.54) is 23.3 Å². The highest BCUT2D eigenvalue weighted by Crippen LogP contribution is 2.46. The molecule has 4 nitrogen and oxygen atoms in total. The number of rotatable bonds is 6. The minimum absolute atomic E-state index is 0.289. The van der Waals surface area contributed by atoms with Gasteiger partial charge < -0.3 is 14.6 Å². The van der Waals surface area contributed by atoms with E-state index in [4.69, 9.17) is 9.47 Å². The highest BCUT2D eigenvalue weighted by molar-refractivity contribution is 5.47. The lowest BCUT2D eigenvalue weighted by Gasteiger charge is -2.44. The Morgan fingerprint density at radius 3 is 2.48 bits per heavy atom. The molecule has 2 atom stereocenters. The number of halogens is 1. The number of aliphatic hydroxyl groups is 1.